The van der Waals surface area contributed by atoms with E-state index >= 15 is 0 Å². The molecule has 0 heterocycles. The Bertz CT molecular complexity index is 604. The minimum Gasteiger partial charge on any atom is -0.465 e. The zero-order valence-electron chi connectivity index (χ0n) is 14.2. The number of unbranched alkanes of at least 4 members (excludes halogenated alkanes) is 2. The second-order valence-electron chi connectivity index (χ2n) is 5.78. The summed E-state index contributed by atoms with van der Waals surface area (Å²) < 4.78 is 5.51. The van der Waals surface area contributed by atoms with Crippen molar-refractivity contribution in [1.82, 2.24) is 0 Å². The van der Waals surface area contributed by atoms with E-state index in [0.717, 1.165) is 37.7 Å². The van der Waals surface area contributed by atoms with Gasteiger partial charge in [-0.1, -0.05) is 75.6 Å². The van der Waals surface area contributed by atoms with Gasteiger partial charge in [-0.15, -0.1) is 0 Å². The van der Waals surface area contributed by atoms with Crippen molar-refractivity contribution in [2.24, 2.45) is 0 Å². The van der Waals surface area contributed by atoms with Crippen LogP contribution >= 0.6 is 0 Å². The second kappa shape index (κ2) is 10.7. The summed E-state index contributed by atoms with van der Waals surface area (Å²) >= 11 is 0. The maximum atomic E-state index is 12.5. The van der Waals surface area contributed by atoms with E-state index in [1.54, 1.807) is 0 Å². The molecule has 0 spiro atoms. The van der Waals surface area contributed by atoms with Gasteiger partial charge in [0, 0.05) is 23.9 Å². The van der Waals surface area contributed by atoms with Crippen LogP contribution in [0.5, 0.6) is 0 Å². The molecule has 2 aromatic rings. The topological polar surface area (TPSA) is 26.3 Å². The van der Waals surface area contributed by atoms with Gasteiger partial charge in [-0.2, -0.15) is 0 Å². The molecular weight excluding hydrogens is 391 g/mol. The third kappa shape index (κ3) is 5.52. The minimum absolute atomic E-state index is 0. The summed E-state index contributed by atoms with van der Waals surface area (Å²) in [4.78, 5) is 12.5. The number of hydrogen-bond acceptors (Lipinski definition) is 2. The Kier molecular flexibility index (Phi) is 9.30. The number of rotatable bonds is 8. The number of benzene rings is 2. The molecule has 3 heteroatoms. The van der Waals surface area contributed by atoms with Crippen molar-refractivity contribution in [2.45, 2.75) is 51.9 Å². The van der Waals surface area contributed by atoms with Gasteiger partial charge in [0.05, 0.1) is 12.5 Å². The molecule has 2 aromatic carbocycles. The first-order chi connectivity index (χ1) is 10.8. The molecule has 0 saturated heterocycles. The fourth-order valence-electron chi connectivity index (χ4n) is 2.78. The molecule has 1 atom stereocenters. The van der Waals surface area contributed by atoms with Crippen LogP contribution in [-0.4, -0.2) is 36.5 Å². The van der Waals surface area contributed by atoms with E-state index in [2.05, 4.69) is 38.1 Å². The maximum Gasteiger partial charge on any atom is 0.313 e. The molecular formula is C20H26O2Sn. The zero-order valence-corrected chi connectivity index (χ0v) is 17.0. The van der Waals surface area contributed by atoms with Crippen LogP contribution in [0, 0.1) is 0 Å². The molecule has 0 amide bonds. The van der Waals surface area contributed by atoms with Gasteiger partial charge in [-0.25, -0.2) is 0 Å². The number of fused-ring (bicyclic) bond motifs is 1. The summed E-state index contributed by atoms with van der Waals surface area (Å²) in [6.45, 7) is 4.79. The number of carbonyl (C=O) groups excluding carboxylic acids is 1. The Morgan fingerprint density at radius 3 is 2.43 bits per heavy atom. The summed E-state index contributed by atoms with van der Waals surface area (Å²) in [5.41, 5.74) is 1.10. The molecule has 0 bridgehead atoms. The van der Waals surface area contributed by atoms with Gasteiger partial charge >= 0.3 is 5.97 Å². The molecule has 122 valence electrons. The van der Waals surface area contributed by atoms with Crippen LogP contribution in [0.3, 0.4) is 0 Å². The maximum absolute atomic E-state index is 12.5. The van der Waals surface area contributed by atoms with Crippen molar-refractivity contribution in [1.29, 1.82) is 0 Å². The van der Waals surface area contributed by atoms with Crippen molar-refractivity contribution in [3.8, 4) is 0 Å². The Morgan fingerprint density at radius 1 is 1.00 bits per heavy atom. The fourth-order valence-corrected chi connectivity index (χ4v) is 2.78. The quantitative estimate of drug-likeness (QED) is 0.341. The molecule has 0 aliphatic carbocycles. The summed E-state index contributed by atoms with van der Waals surface area (Å²) in [5.74, 6) is -0.221. The van der Waals surface area contributed by atoms with E-state index in [9.17, 15) is 4.79 Å². The summed E-state index contributed by atoms with van der Waals surface area (Å²) in [6, 6.07) is 14.5. The minimum atomic E-state index is -0.150. The molecule has 0 N–H and O–H groups in total. The van der Waals surface area contributed by atoms with Gasteiger partial charge in [0.15, 0.2) is 0 Å². The van der Waals surface area contributed by atoms with E-state index < -0.39 is 0 Å². The Balaban J connectivity index is 0.00000264. The van der Waals surface area contributed by atoms with Gasteiger partial charge in [0.1, 0.15) is 0 Å². The van der Waals surface area contributed by atoms with Gasteiger partial charge in [-0.05, 0) is 29.2 Å². The van der Waals surface area contributed by atoms with Crippen LogP contribution in [-0.2, 0) is 9.53 Å². The van der Waals surface area contributed by atoms with Gasteiger partial charge in [0.2, 0.25) is 0 Å². The van der Waals surface area contributed by atoms with Crippen molar-refractivity contribution in [2.75, 3.05) is 6.61 Å². The third-order valence-electron chi connectivity index (χ3n) is 4.07. The smallest absolute Gasteiger partial charge is 0.313 e. The van der Waals surface area contributed by atoms with E-state index in [4.69, 9.17) is 4.74 Å². The predicted octanol–water partition coefficient (Wildman–Crippen LogP) is 5.08. The molecule has 0 fully saturated rings. The molecule has 2 rings (SSSR count). The van der Waals surface area contributed by atoms with Crippen LogP contribution in [0.15, 0.2) is 42.5 Å². The van der Waals surface area contributed by atoms with Crippen LogP contribution in [0.25, 0.3) is 10.8 Å². The average Bonchev–Trinajstić information content (AvgIpc) is 2.55. The third-order valence-corrected chi connectivity index (χ3v) is 4.07. The Labute approximate surface area is 156 Å². The number of hydrogen-bond donors (Lipinski definition) is 0. The molecule has 0 aliphatic rings. The summed E-state index contributed by atoms with van der Waals surface area (Å²) in [5, 5.41) is 2.35. The van der Waals surface area contributed by atoms with Crippen molar-refractivity contribution >= 4 is 40.6 Å². The van der Waals surface area contributed by atoms with E-state index in [1.165, 1.54) is 10.8 Å². The molecule has 0 saturated carbocycles. The van der Waals surface area contributed by atoms with Gasteiger partial charge in [-0.3, -0.25) is 4.79 Å². The standard InChI is InChI=1S/C20H26O2.Sn/c1-3-5-12-19(20(21)22-15-6-4-2)18-14-9-11-16-10-7-8-13-17(16)18;/h7-11,13-14,19H,3-6,12,15H2,1-2H3;. The van der Waals surface area contributed by atoms with Crippen LogP contribution in [0.4, 0.5) is 0 Å². The van der Waals surface area contributed by atoms with Crippen LogP contribution in [0.1, 0.15) is 57.4 Å². The largest absolute Gasteiger partial charge is 0.465 e. The van der Waals surface area contributed by atoms with Crippen LogP contribution in [0.2, 0.25) is 0 Å². The molecule has 1 unspecified atom stereocenters. The zero-order chi connectivity index (χ0) is 15.8. The summed E-state index contributed by atoms with van der Waals surface area (Å²) in [7, 11) is 0. The number of ether oxygens (including phenoxy) is 1. The first kappa shape index (κ1) is 20.0. The normalized spacial score (nSPS) is 11.7. The molecule has 23 heavy (non-hydrogen) atoms. The van der Waals surface area contributed by atoms with Crippen molar-refractivity contribution < 1.29 is 9.53 Å². The monoisotopic (exact) mass is 418 g/mol. The molecule has 0 aromatic heterocycles. The first-order valence-electron chi connectivity index (χ1n) is 8.42. The number of carbonyl (C=O) groups is 1. The Hall–Kier alpha value is -1.03. The average molecular weight is 417 g/mol. The first-order valence-corrected chi connectivity index (χ1v) is 8.42. The van der Waals surface area contributed by atoms with E-state index in [1.807, 2.05) is 18.2 Å². The molecule has 4 radical (unpaired) electrons. The predicted molar refractivity (Wildman–Crippen MR) is 97.8 cm³/mol. The van der Waals surface area contributed by atoms with Crippen LogP contribution < -0.4 is 0 Å². The SMILES string of the molecule is CCCCOC(=O)C(CCCC)c1cccc2ccccc12.[Sn]. The number of esters is 1. The summed E-state index contributed by atoms with van der Waals surface area (Å²) in [6.07, 6.45) is 4.96. The fraction of sp³-hybridized carbons (Fsp3) is 0.450. The molecule has 2 nitrogen and oxygen atoms in total. The van der Waals surface area contributed by atoms with Crippen molar-refractivity contribution in [3.63, 3.8) is 0 Å². The van der Waals surface area contributed by atoms with E-state index in [0.29, 0.717) is 6.61 Å². The van der Waals surface area contributed by atoms with Crippen molar-refractivity contribution in [3.05, 3.63) is 48.0 Å². The van der Waals surface area contributed by atoms with Gasteiger partial charge in [0.25, 0.3) is 0 Å². The van der Waals surface area contributed by atoms with Gasteiger partial charge < -0.3 is 4.74 Å². The van der Waals surface area contributed by atoms with E-state index in [-0.39, 0.29) is 35.8 Å². The second-order valence-corrected chi connectivity index (χ2v) is 5.78. The molecule has 0 aliphatic heterocycles. The Morgan fingerprint density at radius 2 is 1.70 bits per heavy atom.